The van der Waals surface area contributed by atoms with Crippen LogP contribution in [0.4, 0.5) is 8.78 Å². The van der Waals surface area contributed by atoms with Crippen LogP contribution in [0.5, 0.6) is 0 Å². The molecule has 0 saturated heterocycles. The second-order valence-corrected chi connectivity index (χ2v) is 4.94. The fraction of sp³-hybridized carbons (Fsp3) is 0.0714. The monoisotopic (exact) mass is 278 g/mol. The molecular formula is C14H12F2N2S. The van der Waals surface area contributed by atoms with Crippen molar-refractivity contribution in [2.45, 2.75) is 10.6 Å². The summed E-state index contributed by atoms with van der Waals surface area (Å²) in [7, 11) is 0. The summed E-state index contributed by atoms with van der Waals surface area (Å²) < 4.78 is 27.5. The molecule has 0 fully saturated rings. The van der Waals surface area contributed by atoms with Crippen LogP contribution < -0.4 is 5.73 Å². The molecule has 0 heterocycles. The molecule has 0 aliphatic carbocycles. The summed E-state index contributed by atoms with van der Waals surface area (Å²) in [6.07, 6.45) is 0. The minimum Gasteiger partial charge on any atom is -0.384 e. The minimum absolute atomic E-state index is 0.0474. The third-order valence-corrected chi connectivity index (χ3v) is 3.69. The highest BCUT2D eigenvalue weighted by Crippen LogP contribution is 2.29. The Hall–Kier alpha value is -1.88. The maximum Gasteiger partial charge on any atom is 0.140 e. The van der Waals surface area contributed by atoms with Crippen molar-refractivity contribution in [1.29, 1.82) is 5.41 Å². The molecule has 0 saturated carbocycles. The van der Waals surface area contributed by atoms with E-state index in [1.165, 1.54) is 0 Å². The smallest absolute Gasteiger partial charge is 0.140 e. The van der Waals surface area contributed by atoms with E-state index in [9.17, 15) is 8.78 Å². The number of hydrogen-bond donors (Lipinski definition) is 2. The van der Waals surface area contributed by atoms with Crippen molar-refractivity contribution >= 4 is 17.6 Å². The lowest BCUT2D eigenvalue weighted by atomic mass is 10.2. The summed E-state index contributed by atoms with van der Waals surface area (Å²) in [5.74, 6) is -1.25. The number of amidine groups is 1. The van der Waals surface area contributed by atoms with Crippen molar-refractivity contribution in [2.24, 2.45) is 5.73 Å². The molecule has 0 atom stereocenters. The fourth-order valence-corrected chi connectivity index (χ4v) is 2.48. The first-order valence-electron chi connectivity index (χ1n) is 5.58. The van der Waals surface area contributed by atoms with Gasteiger partial charge in [0.2, 0.25) is 0 Å². The number of nitrogens with two attached hydrogens (primary N) is 1. The predicted octanol–water partition coefficient (Wildman–Crippen LogP) is 3.54. The van der Waals surface area contributed by atoms with E-state index in [2.05, 4.69) is 0 Å². The van der Waals surface area contributed by atoms with E-state index in [0.29, 0.717) is 5.75 Å². The zero-order valence-corrected chi connectivity index (χ0v) is 10.8. The van der Waals surface area contributed by atoms with Gasteiger partial charge in [0.05, 0.1) is 4.90 Å². The van der Waals surface area contributed by atoms with Gasteiger partial charge in [-0.05, 0) is 17.7 Å². The molecule has 98 valence electrons. The average Bonchev–Trinajstić information content (AvgIpc) is 2.38. The highest BCUT2D eigenvalue weighted by Gasteiger charge is 2.13. The molecule has 2 aromatic carbocycles. The highest BCUT2D eigenvalue weighted by molar-refractivity contribution is 7.98. The molecule has 19 heavy (non-hydrogen) atoms. The SMILES string of the molecule is N=C(N)c1cc(F)c(SCc2ccccc2)c(F)c1. The average molecular weight is 278 g/mol. The number of nitrogen functional groups attached to an aromatic ring is 1. The summed E-state index contributed by atoms with van der Waals surface area (Å²) in [5.41, 5.74) is 6.25. The Labute approximate surface area is 114 Å². The van der Waals surface area contributed by atoms with E-state index in [4.69, 9.17) is 11.1 Å². The van der Waals surface area contributed by atoms with Crippen LogP contribution in [0.25, 0.3) is 0 Å². The molecule has 0 radical (unpaired) electrons. The van der Waals surface area contributed by atoms with Gasteiger partial charge in [-0.2, -0.15) is 0 Å². The maximum absolute atomic E-state index is 13.8. The first-order chi connectivity index (χ1) is 9.08. The second-order valence-electron chi connectivity index (χ2n) is 3.96. The number of hydrogen-bond acceptors (Lipinski definition) is 2. The van der Waals surface area contributed by atoms with Crippen LogP contribution in [0, 0.1) is 17.0 Å². The van der Waals surface area contributed by atoms with Gasteiger partial charge in [0, 0.05) is 11.3 Å². The Balaban J connectivity index is 2.19. The van der Waals surface area contributed by atoms with E-state index in [0.717, 1.165) is 29.5 Å². The highest BCUT2D eigenvalue weighted by atomic mass is 32.2. The zero-order chi connectivity index (χ0) is 13.8. The van der Waals surface area contributed by atoms with E-state index in [-0.39, 0.29) is 16.3 Å². The van der Waals surface area contributed by atoms with Gasteiger partial charge in [-0.15, -0.1) is 11.8 Å². The fourth-order valence-electron chi connectivity index (χ4n) is 1.58. The number of rotatable bonds is 4. The molecule has 2 aromatic rings. The third-order valence-electron chi connectivity index (χ3n) is 2.54. The quantitative estimate of drug-likeness (QED) is 0.510. The summed E-state index contributed by atoms with van der Waals surface area (Å²) >= 11 is 1.09. The zero-order valence-electron chi connectivity index (χ0n) is 9.99. The summed E-state index contributed by atoms with van der Waals surface area (Å²) in [4.78, 5) is -0.0474. The maximum atomic E-state index is 13.8. The lowest BCUT2D eigenvalue weighted by Crippen LogP contribution is -2.12. The molecule has 2 nitrogen and oxygen atoms in total. The van der Waals surface area contributed by atoms with Crippen molar-refractivity contribution in [3.63, 3.8) is 0 Å². The molecule has 0 bridgehead atoms. The van der Waals surface area contributed by atoms with Crippen molar-refractivity contribution in [3.8, 4) is 0 Å². The predicted molar refractivity (Wildman–Crippen MR) is 73.4 cm³/mol. The molecule has 0 spiro atoms. The lowest BCUT2D eigenvalue weighted by Gasteiger charge is -2.07. The Kier molecular flexibility index (Phi) is 4.16. The molecule has 5 heteroatoms. The number of halogens is 2. The van der Waals surface area contributed by atoms with Crippen molar-refractivity contribution in [2.75, 3.05) is 0 Å². The topological polar surface area (TPSA) is 49.9 Å². The van der Waals surface area contributed by atoms with Crippen LogP contribution in [-0.4, -0.2) is 5.84 Å². The van der Waals surface area contributed by atoms with Gasteiger partial charge in [0.1, 0.15) is 17.5 Å². The van der Waals surface area contributed by atoms with Gasteiger partial charge in [-0.1, -0.05) is 30.3 Å². The first kappa shape index (κ1) is 13.5. The second kappa shape index (κ2) is 5.84. The Morgan fingerprint density at radius 3 is 2.21 bits per heavy atom. The standard InChI is InChI=1S/C14H12F2N2S/c15-11-6-10(14(17)18)7-12(16)13(11)19-8-9-4-2-1-3-5-9/h1-7H,8H2,(H3,17,18). The summed E-state index contributed by atoms with van der Waals surface area (Å²) in [6, 6.07) is 11.6. The molecule has 0 amide bonds. The van der Waals surface area contributed by atoms with Gasteiger partial charge in [0.25, 0.3) is 0 Å². The molecule has 2 rings (SSSR count). The Morgan fingerprint density at radius 1 is 1.11 bits per heavy atom. The van der Waals surface area contributed by atoms with Crippen LogP contribution in [-0.2, 0) is 5.75 Å². The van der Waals surface area contributed by atoms with Gasteiger partial charge in [0.15, 0.2) is 0 Å². The molecule has 0 aliphatic rings. The Morgan fingerprint density at radius 2 is 1.68 bits per heavy atom. The molecule has 0 unspecified atom stereocenters. The largest absolute Gasteiger partial charge is 0.384 e. The number of nitrogens with one attached hydrogen (secondary N) is 1. The molecule has 0 aliphatic heterocycles. The van der Waals surface area contributed by atoms with Gasteiger partial charge < -0.3 is 5.73 Å². The van der Waals surface area contributed by atoms with Crippen LogP contribution >= 0.6 is 11.8 Å². The molecular weight excluding hydrogens is 266 g/mol. The van der Waals surface area contributed by atoms with Crippen LogP contribution in [0.2, 0.25) is 0 Å². The van der Waals surface area contributed by atoms with E-state index < -0.39 is 11.6 Å². The van der Waals surface area contributed by atoms with Gasteiger partial charge in [-0.25, -0.2) is 8.78 Å². The van der Waals surface area contributed by atoms with Gasteiger partial charge >= 0.3 is 0 Å². The van der Waals surface area contributed by atoms with Gasteiger partial charge in [-0.3, -0.25) is 5.41 Å². The summed E-state index contributed by atoms with van der Waals surface area (Å²) in [5, 5.41) is 7.17. The lowest BCUT2D eigenvalue weighted by molar-refractivity contribution is 0.540. The van der Waals surface area contributed by atoms with Crippen molar-refractivity contribution < 1.29 is 8.78 Å². The van der Waals surface area contributed by atoms with E-state index in [1.807, 2.05) is 30.3 Å². The molecule has 0 aromatic heterocycles. The van der Waals surface area contributed by atoms with Crippen LogP contribution in [0.3, 0.4) is 0 Å². The number of thioether (sulfide) groups is 1. The summed E-state index contributed by atoms with van der Waals surface area (Å²) in [6.45, 7) is 0. The van der Waals surface area contributed by atoms with Crippen LogP contribution in [0.15, 0.2) is 47.4 Å². The van der Waals surface area contributed by atoms with Crippen LogP contribution in [0.1, 0.15) is 11.1 Å². The van der Waals surface area contributed by atoms with Crippen molar-refractivity contribution in [1.82, 2.24) is 0 Å². The van der Waals surface area contributed by atoms with Crippen molar-refractivity contribution in [3.05, 3.63) is 65.2 Å². The normalized spacial score (nSPS) is 10.4. The number of benzene rings is 2. The first-order valence-corrected chi connectivity index (χ1v) is 6.56. The van der Waals surface area contributed by atoms with E-state index in [1.54, 1.807) is 0 Å². The Bertz CT molecular complexity index is 577. The van der Waals surface area contributed by atoms with E-state index >= 15 is 0 Å². The molecule has 3 N–H and O–H groups in total. The third kappa shape index (κ3) is 3.32. The minimum atomic E-state index is -0.689.